The molecule has 2 rings (SSSR count). The Morgan fingerprint density at radius 1 is 1.42 bits per heavy atom. The summed E-state index contributed by atoms with van der Waals surface area (Å²) in [5, 5.41) is 11.0. The van der Waals surface area contributed by atoms with E-state index in [4.69, 9.17) is 5.11 Å². The minimum atomic E-state index is -3.09. The van der Waals surface area contributed by atoms with Crippen LogP contribution in [0.5, 0.6) is 0 Å². The third-order valence-corrected chi connectivity index (χ3v) is 6.66. The van der Waals surface area contributed by atoms with E-state index >= 15 is 0 Å². The molecule has 2 fully saturated rings. The van der Waals surface area contributed by atoms with Gasteiger partial charge in [0.1, 0.15) is 6.04 Å². The zero-order valence-electron chi connectivity index (χ0n) is 10.2. The number of urea groups is 1. The van der Waals surface area contributed by atoms with Gasteiger partial charge in [0.15, 0.2) is 9.84 Å². The van der Waals surface area contributed by atoms with Gasteiger partial charge in [-0.1, -0.05) is 0 Å². The lowest BCUT2D eigenvalue weighted by atomic mass is 10.2. The van der Waals surface area contributed by atoms with Crippen molar-refractivity contribution in [2.45, 2.75) is 24.1 Å². The van der Waals surface area contributed by atoms with E-state index in [9.17, 15) is 18.0 Å². The van der Waals surface area contributed by atoms with E-state index in [-0.39, 0.29) is 12.3 Å². The van der Waals surface area contributed by atoms with Crippen molar-refractivity contribution in [3.63, 3.8) is 0 Å². The van der Waals surface area contributed by atoms with Crippen molar-refractivity contribution in [3.8, 4) is 0 Å². The average molecular weight is 308 g/mol. The first kappa shape index (κ1) is 14.4. The SMILES string of the molecule is O=C(O)[C@@H]1CSCN1C(=O)NCC1CCCS1(=O)=O. The minimum absolute atomic E-state index is 0.0642. The molecule has 0 bridgehead atoms. The van der Waals surface area contributed by atoms with Crippen LogP contribution < -0.4 is 5.32 Å². The monoisotopic (exact) mass is 308 g/mol. The van der Waals surface area contributed by atoms with Gasteiger partial charge in [0.2, 0.25) is 0 Å². The number of aliphatic carboxylic acids is 1. The number of thioether (sulfide) groups is 1. The molecule has 2 aliphatic heterocycles. The summed E-state index contributed by atoms with van der Waals surface area (Å²) in [6.07, 6.45) is 1.18. The maximum absolute atomic E-state index is 11.9. The van der Waals surface area contributed by atoms with Crippen LogP contribution in [0.2, 0.25) is 0 Å². The van der Waals surface area contributed by atoms with Gasteiger partial charge in [0, 0.05) is 12.3 Å². The van der Waals surface area contributed by atoms with Crippen LogP contribution in [0.4, 0.5) is 4.79 Å². The molecule has 108 valence electrons. The van der Waals surface area contributed by atoms with Gasteiger partial charge in [-0.05, 0) is 12.8 Å². The van der Waals surface area contributed by atoms with Crippen molar-refractivity contribution < 1.29 is 23.1 Å². The second kappa shape index (κ2) is 5.58. The summed E-state index contributed by atoms with van der Waals surface area (Å²) < 4.78 is 23.2. The zero-order chi connectivity index (χ0) is 14.0. The minimum Gasteiger partial charge on any atom is -0.480 e. The van der Waals surface area contributed by atoms with Crippen molar-refractivity contribution in [2.75, 3.05) is 23.9 Å². The van der Waals surface area contributed by atoms with Crippen LogP contribution >= 0.6 is 11.8 Å². The van der Waals surface area contributed by atoms with Crippen molar-refractivity contribution in [3.05, 3.63) is 0 Å². The van der Waals surface area contributed by atoms with Crippen LogP contribution in [0.1, 0.15) is 12.8 Å². The Morgan fingerprint density at radius 2 is 2.16 bits per heavy atom. The molecule has 9 heteroatoms. The zero-order valence-corrected chi connectivity index (χ0v) is 11.9. The predicted molar refractivity (Wildman–Crippen MR) is 70.8 cm³/mol. The number of carbonyl (C=O) groups is 2. The summed E-state index contributed by atoms with van der Waals surface area (Å²) in [7, 11) is -3.09. The molecule has 2 N–H and O–H groups in total. The molecule has 2 saturated heterocycles. The first-order valence-electron chi connectivity index (χ1n) is 5.98. The molecule has 2 atom stereocenters. The normalized spacial score (nSPS) is 29.4. The van der Waals surface area contributed by atoms with Gasteiger partial charge in [0.25, 0.3) is 0 Å². The first-order chi connectivity index (χ1) is 8.92. The van der Waals surface area contributed by atoms with Gasteiger partial charge in [-0.15, -0.1) is 11.8 Å². The van der Waals surface area contributed by atoms with Gasteiger partial charge >= 0.3 is 12.0 Å². The second-order valence-corrected chi connectivity index (χ2v) is 8.04. The van der Waals surface area contributed by atoms with Crippen molar-refractivity contribution in [1.82, 2.24) is 10.2 Å². The Balaban J connectivity index is 1.89. The van der Waals surface area contributed by atoms with Gasteiger partial charge in [0.05, 0.1) is 16.9 Å². The number of hydrogen-bond donors (Lipinski definition) is 2. The lowest BCUT2D eigenvalue weighted by Gasteiger charge is -2.21. The van der Waals surface area contributed by atoms with Crippen LogP contribution in [0.3, 0.4) is 0 Å². The van der Waals surface area contributed by atoms with E-state index in [1.165, 1.54) is 16.7 Å². The fourth-order valence-corrected chi connectivity index (χ4v) is 5.15. The van der Waals surface area contributed by atoms with E-state index in [1.807, 2.05) is 0 Å². The highest BCUT2D eigenvalue weighted by atomic mass is 32.2. The maximum atomic E-state index is 11.9. The number of nitrogens with zero attached hydrogens (tertiary/aromatic N) is 1. The number of nitrogens with one attached hydrogen (secondary N) is 1. The fourth-order valence-electron chi connectivity index (χ4n) is 2.24. The Kier molecular flexibility index (Phi) is 4.24. The third kappa shape index (κ3) is 3.14. The van der Waals surface area contributed by atoms with Crippen LogP contribution in [0, 0.1) is 0 Å². The molecule has 7 nitrogen and oxygen atoms in total. The molecule has 19 heavy (non-hydrogen) atoms. The molecule has 0 spiro atoms. The molecular formula is C10H16N2O5S2. The molecule has 0 aliphatic carbocycles. The summed E-state index contributed by atoms with van der Waals surface area (Å²) in [6.45, 7) is 0.0642. The lowest BCUT2D eigenvalue weighted by Crippen LogP contribution is -2.48. The van der Waals surface area contributed by atoms with Gasteiger partial charge in [-0.25, -0.2) is 18.0 Å². The topological polar surface area (TPSA) is 104 Å². The molecule has 1 unspecified atom stereocenters. The fraction of sp³-hybridized carbons (Fsp3) is 0.800. The molecule has 0 aromatic heterocycles. The van der Waals surface area contributed by atoms with E-state index in [0.29, 0.717) is 24.5 Å². The van der Waals surface area contributed by atoms with Crippen molar-refractivity contribution >= 4 is 33.6 Å². The predicted octanol–water partition coefficient (Wildman–Crippen LogP) is -0.267. The number of sulfone groups is 1. The van der Waals surface area contributed by atoms with Crippen molar-refractivity contribution in [1.29, 1.82) is 0 Å². The number of amides is 2. The van der Waals surface area contributed by atoms with Gasteiger partial charge in [-0.3, -0.25) is 0 Å². The second-order valence-electron chi connectivity index (χ2n) is 4.64. The number of carboxylic acid groups (broad SMARTS) is 1. The maximum Gasteiger partial charge on any atom is 0.327 e. The number of rotatable bonds is 3. The third-order valence-electron chi connectivity index (χ3n) is 3.37. The summed E-state index contributed by atoms with van der Waals surface area (Å²) in [5.74, 6) is -0.177. The highest BCUT2D eigenvalue weighted by molar-refractivity contribution is 7.99. The van der Waals surface area contributed by atoms with Crippen LogP contribution in [0.25, 0.3) is 0 Å². The summed E-state index contributed by atoms with van der Waals surface area (Å²) in [4.78, 5) is 24.1. The molecule has 0 saturated carbocycles. The number of carboxylic acids is 1. The van der Waals surface area contributed by atoms with E-state index in [0.717, 1.165) is 0 Å². The molecule has 2 aliphatic rings. The Bertz CT molecular complexity index is 478. The van der Waals surface area contributed by atoms with Crippen LogP contribution in [0.15, 0.2) is 0 Å². The smallest absolute Gasteiger partial charge is 0.327 e. The first-order valence-corrected chi connectivity index (χ1v) is 8.85. The highest BCUT2D eigenvalue weighted by Crippen LogP contribution is 2.22. The Labute approximate surface area is 115 Å². The number of hydrogen-bond acceptors (Lipinski definition) is 5. The summed E-state index contributed by atoms with van der Waals surface area (Å²) in [5.41, 5.74) is 0. The van der Waals surface area contributed by atoms with E-state index < -0.39 is 33.1 Å². The standard InChI is InChI=1S/C10H16N2O5S2/c13-9(14)8-5-18-6-12(8)10(15)11-4-7-2-1-3-19(7,16)17/h7-8H,1-6H2,(H,11,15)(H,13,14)/t7?,8-/m0/s1. The van der Waals surface area contributed by atoms with Crippen LogP contribution in [-0.2, 0) is 14.6 Å². The Morgan fingerprint density at radius 3 is 2.74 bits per heavy atom. The quantitative estimate of drug-likeness (QED) is 0.744. The molecule has 0 aromatic rings. The summed E-state index contributed by atoms with van der Waals surface area (Å²) in [6, 6.07) is -1.33. The molecule has 0 aromatic carbocycles. The van der Waals surface area contributed by atoms with Crippen LogP contribution in [-0.4, -0.2) is 65.6 Å². The lowest BCUT2D eigenvalue weighted by molar-refractivity contribution is -0.140. The number of carbonyl (C=O) groups excluding carboxylic acids is 1. The van der Waals surface area contributed by atoms with Crippen molar-refractivity contribution in [2.24, 2.45) is 0 Å². The van der Waals surface area contributed by atoms with Gasteiger partial charge in [-0.2, -0.15) is 0 Å². The molecule has 0 radical (unpaired) electrons. The molecular weight excluding hydrogens is 292 g/mol. The largest absolute Gasteiger partial charge is 0.480 e. The molecule has 2 amide bonds. The summed E-state index contributed by atoms with van der Waals surface area (Å²) >= 11 is 1.37. The van der Waals surface area contributed by atoms with E-state index in [2.05, 4.69) is 5.32 Å². The molecule has 2 heterocycles. The van der Waals surface area contributed by atoms with E-state index in [1.54, 1.807) is 0 Å². The Hall–Kier alpha value is -0.960. The van der Waals surface area contributed by atoms with Gasteiger partial charge < -0.3 is 15.3 Å². The highest BCUT2D eigenvalue weighted by Gasteiger charge is 2.36. The average Bonchev–Trinajstić information content (AvgIpc) is 2.92.